The van der Waals surface area contributed by atoms with E-state index < -0.39 is 0 Å². The minimum absolute atomic E-state index is 0. The van der Waals surface area contributed by atoms with E-state index >= 15 is 0 Å². The Morgan fingerprint density at radius 2 is 2.23 bits per heavy atom. The van der Waals surface area contributed by atoms with Crippen LogP contribution in [0.3, 0.4) is 0 Å². The number of guanidine groups is 1. The van der Waals surface area contributed by atoms with Crippen molar-refractivity contribution in [1.82, 2.24) is 4.90 Å². The molecule has 3 rings (SSSR count). The molecule has 0 amide bonds. The SMILES string of the molecule is CC1CCN(C(N)=NCC2(C)OCCc3sccc32)CC1.I. The number of likely N-dealkylation sites (tertiary alicyclic amines) is 1. The smallest absolute Gasteiger partial charge is 0.191 e. The molecule has 2 aliphatic rings. The summed E-state index contributed by atoms with van der Waals surface area (Å²) in [6, 6.07) is 2.17. The van der Waals surface area contributed by atoms with Gasteiger partial charge < -0.3 is 15.4 Å². The molecule has 0 saturated carbocycles. The van der Waals surface area contributed by atoms with Gasteiger partial charge in [-0.25, -0.2) is 4.99 Å². The molecule has 0 aromatic carbocycles. The summed E-state index contributed by atoms with van der Waals surface area (Å²) in [5.41, 5.74) is 7.16. The van der Waals surface area contributed by atoms with Crippen molar-refractivity contribution in [1.29, 1.82) is 0 Å². The predicted molar refractivity (Wildman–Crippen MR) is 103 cm³/mol. The van der Waals surface area contributed by atoms with Crippen molar-refractivity contribution in [2.75, 3.05) is 26.2 Å². The molecule has 1 aromatic rings. The van der Waals surface area contributed by atoms with Gasteiger partial charge in [-0.1, -0.05) is 6.92 Å². The van der Waals surface area contributed by atoms with Gasteiger partial charge in [0.1, 0.15) is 5.60 Å². The van der Waals surface area contributed by atoms with Gasteiger partial charge in [0.2, 0.25) is 0 Å². The Bertz CT molecular complexity index is 525. The van der Waals surface area contributed by atoms with Gasteiger partial charge in [-0.15, -0.1) is 35.3 Å². The lowest BCUT2D eigenvalue weighted by atomic mass is 9.93. The number of hydrogen-bond donors (Lipinski definition) is 1. The van der Waals surface area contributed by atoms with E-state index in [2.05, 4.69) is 35.2 Å². The number of halogens is 1. The highest BCUT2D eigenvalue weighted by molar-refractivity contribution is 14.0. The molecule has 4 nitrogen and oxygen atoms in total. The van der Waals surface area contributed by atoms with Gasteiger partial charge in [0.05, 0.1) is 13.2 Å². The van der Waals surface area contributed by atoms with Crippen molar-refractivity contribution in [3.8, 4) is 0 Å². The number of aliphatic imine (C=N–C) groups is 1. The molecule has 1 aromatic heterocycles. The van der Waals surface area contributed by atoms with E-state index in [1.807, 2.05) is 11.3 Å². The summed E-state index contributed by atoms with van der Waals surface area (Å²) in [5, 5.41) is 2.15. The van der Waals surface area contributed by atoms with E-state index in [0.29, 0.717) is 12.5 Å². The summed E-state index contributed by atoms with van der Waals surface area (Å²) >= 11 is 1.82. The zero-order valence-corrected chi connectivity index (χ0v) is 16.5. The van der Waals surface area contributed by atoms with Crippen LogP contribution in [0.2, 0.25) is 0 Å². The van der Waals surface area contributed by atoms with Gasteiger partial charge in [0.15, 0.2) is 5.96 Å². The van der Waals surface area contributed by atoms with E-state index in [0.717, 1.165) is 32.0 Å². The Labute approximate surface area is 154 Å². The summed E-state index contributed by atoms with van der Waals surface area (Å²) in [4.78, 5) is 8.29. The molecule has 1 atom stereocenters. The predicted octanol–water partition coefficient (Wildman–Crippen LogP) is 3.20. The van der Waals surface area contributed by atoms with E-state index in [-0.39, 0.29) is 29.6 Å². The van der Waals surface area contributed by atoms with Crippen molar-refractivity contribution < 1.29 is 4.74 Å². The van der Waals surface area contributed by atoms with Gasteiger partial charge in [-0.3, -0.25) is 0 Å². The van der Waals surface area contributed by atoms with Crippen molar-refractivity contribution in [2.45, 2.75) is 38.7 Å². The normalized spacial score (nSPS) is 26.5. The lowest BCUT2D eigenvalue weighted by Gasteiger charge is -2.34. The number of nitrogens with zero attached hydrogens (tertiary/aromatic N) is 2. The fourth-order valence-corrected chi connectivity index (χ4v) is 4.13. The van der Waals surface area contributed by atoms with Crippen molar-refractivity contribution in [3.05, 3.63) is 21.9 Å². The highest BCUT2D eigenvalue weighted by Gasteiger charge is 2.34. The Hall–Kier alpha value is -0.340. The second-order valence-electron chi connectivity index (χ2n) is 6.43. The number of fused-ring (bicyclic) bond motifs is 1. The van der Waals surface area contributed by atoms with Crippen LogP contribution in [-0.2, 0) is 16.8 Å². The lowest BCUT2D eigenvalue weighted by molar-refractivity contribution is -0.0376. The molecule has 1 unspecified atom stereocenters. The van der Waals surface area contributed by atoms with Gasteiger partial charge in [-0.2, -0.15) is 0 Å². The first-order valence-electron chi connectivity index (χ1n) is 7.84. The van der Waals surface area contributed by atoms with E-state index in [9.17, 15) is 0 Å². The van der Waals surface area contributed by atoms with Crippen molar-refractivity contribution >= 4 is 41.3 Å². The second kappa shape index (κ2) is 7.49. The number of piperidine rings is 1. The zero-order valence-electron chi connectivity index (χ0n) is 13.4. The molecule has 6 heteroatoms. The monoisotopic (exact) mass is 435 g/mol. The average molecular weight is 435 g/mol. The van der Waals surface area contributed by atoms with Crippen LogP contribution in [0, 0.1) is 5.92 Å². The molecular weight excluding hydrogens is 409 g/mol. The summed E-state index contributed by atoms with van der Waals surface area (Å²) in [6.07, 6.45) is 3.43. The summed E-state index contributed by atoms with van der Waals surface area (Å²) < 4.78 is 6.03. The minimum atomic E-state index is -0.318. The molecule has 1 saturated heterocycles. The van der Waals surface area contributed by atoms with Crippen LogP contribution in [0.1, 0.15) is 37.1 Å². The third-order valence-corrected chi connectivity index (χ3v) is 5.70. The Balaban J connectivity index is 0.00000176. The molecule has 2 aliphatic heterocycles. The molecule has 22 heavy (non-hydrogen) atoms. The molecule has 2 N–H and O–H groups in total. The van der Waals surface area contributed by atoms with Gasteiger partial charge in [0.25, 0.3) is 0 Å². The first-order chi connectivity index (χ1) is 10.1. The number of ether oxygens (including phenoxy) is 1. The van der Waals surface area contributed by atoms with Crippen LogP contribution >= 0.6 is 35.3 Å². The average Bonchev–Trinajstić information content (AvgIpc) is 2.96. The third kappa shape index (κ3) is 3.76. The number of rotatable bonds is 2. The molecule has 124 valence electrons. The third-order valence-electron chi connectivity index (χ3n) is 4.72. The molecule has 3 heterocycles. The number of thiophene rings is 1. The fraction of sp³-hybridized carbons (Fsp3) is 0.688. The van der Waals surface area contributed by atoms with Gasteiger partial charge in [0, 0.05) is 24.4 Å². The topological polar surface area (TPSA) is 50.8 Å². The van der Waals surface area contributed by atoms with Crippen LogP contribution in [0.4, 0.5) is 0 Å². The maximum atomic E-state index is 6.19. The van der Waals surface area contributed by atoms with Gasteiger partial charge in [-0.05, 0) is 42.7 Å². The Morgan fingerprint density at radius 1 is 1.50 bits per heavy atom. The number of hydrogen-bond acceptors (Lipinski definition) is 3. The van der Waals surface area contributed by atoms with Crippen molar-refractivity contribution in [2.24, 2.45) is 16.6 Å². The maximum Gasteiger partial charge on any atom is 0.191 e. The summed E-state index contributed by atoms with van der Waals surface area (Å²) in [5.74, 6) is 1.48. The quantitative estimate of drug-likeness (QED) is 0.441. The fourth-order valence-electron chi connectivity index (χ4n) is 3.15. The van der Waals surface area contributed by atoms with Crippen LogP contribution in [0.15, 0.2) is 16.4 Å². The van der Waals surface area contributed by atoms with E-state index in [4.69, 9.17) is 10.5 Å². The van der Waals surface area contributed by atoms with Crippen molar-refractivity contribution in [3.63, 3.8) is 0 Å². The highest BCUT2D eigenvalue weighted by atomic mass is 127. The largest absolute Gasteiger partial charge is 0.370 e. The molecule has 0 aliphatic carbocycles. The maximum absolute atomic E-state index is 6.19. The molecule has 0 radical (unpaired) electrons. The molecular formula is C16H26IN3OS. The lowest BCUT2D eigenvalue weighted by Crippen LogP contribution is -2.43. The molecule has 0 spiro atoms. The Kier molecular flexibility index (Phi) is 6.13. The number of nitrogens with two attached hydrogens (primary N) is 1. The highest BCUT2D eigenvalue weighted by Crippen LogP contribution is 2.36. The van der Waals surface area contributed by atoms with Crippen LogP contribution < -0.4 is 5.73 Å². The van der Waals surface area contributed by atoms with Gasteiger partial charge >= 0.3 is 0 Å². The first kappa shape index (κ1) is 18.0. The summed E-state index contributed by atoms with van der Waals surface area (Å²) in [7, 11) is 0. The van der Waals surface area contributed by atoms with Crippen LogP contribution in [-0.4, -0.2) is 37.1 Å². The first-order valence-corrected chi connectivity index (χ1v) is 8.72. The van der Waals surface area contributed by atoms with Crippen LogP contribution in [0.5, 0.6) is 0 Å². The van der Waals surface area contributed by atoms with E-state index in [1.165, 1.54) is 23.3 Å². The standard InChI is InChI=1S/C16H25N3OS.HI/c1-12-3-7-19(8-4-12)15(17)18-11-16(2)13-6-10-21-14(13)5-9-20-16;/h6,10,12H,3-5,7-9,11H2,1-2H3,(H2,17,18);1H. The second-order valence-corrected chi connectivity index (χ2v) is 7.43. The molecule has 1 fully saturated rings. The minimum Gasteiger partial charge on any atom is -0.370 e. The van der Waals surface area contributed by atoms with Crippen LogP contribution in [0.25, 0.3) is 0 Å². The Morgan fingerprint density at radius 3 is 2.95 bits per heavy atom. The van der Waals surface area contributed by atoms with E-state index in [1.54, 1.807) is 0 Å². The summed E-state index contributed by atoms with van der Waals surface area (Å²) in [6.45, 7) is 7.87. The molecule has 0 bridgehead atoms. The zero-order chi connectivity index (χ0) is 14.9.